The lowest BCUT2D eigenvalue weighted by molar-refractivity contribution is 0.669. The van der Waals surface area contributed by atoms with Crippen molar-refractivity contribution >= 4 is 71.3 Å². The van der Waals surface area contributed by atoms with Gasteiger partial charge in [0.15, 0.2) is 5.58 Å². The van der Waals surface area contributed by atoms with Gasteiger partial charge in [-0.2, -0.15) is 0 Å². The minimum atomic E-state index is 0.866. The van der Waals surface area contributed by atoms with Crippen molar-refractivity contribution in [3.05, 3.63) is 212 Å². The third-order valence-electron chi connectivity index (χ3n) is 11.3. The van der Waals surface area contributed by atoms with Gasteiger partial charge in [-0.3, -0.25) is 0 Å². The summed E-state index contributed by atoms with van der Waals surface area (Å²) in [6.45, 7) is 0. The minimum Gasteiger partial charge on any atom is -0.454 e. The second-order valence-corrected chi connectivity index (χ2v) is 14.4. The Balaban J connectivity index is 1.06. The first kappa shape index (κ1) is 32.0. The Morgan fingerprint density at radius 1 is 0.304 bits per heavy atom. The molecule has 0 N–H and O–H groups in total. The summed E-state index contributed by atoms with van der Waals surface area (Å²) >= 11 is 0. The monoisotopic (exact) mass is 713 g/mol. The van der Waals surface area contributed by atoms with Crippen molar-refractivity contribution in [1.82, 2.24) is 0 Å². The fraction of sp³-hybridized carbons (Fsp3) is 0. The first-order chi connectivity index (χ1) is 27.8. The van der Waals surface area contributed by atoms with E-state index in [9.17, 15) is 0 Å². The van der Waals surface area contributed by atoms with E-state index < -0.39 is 0 Å². The second-order valence-electron chi connectivity index (χ2n) is 14.4. The molecule has 0 saturated heterocycles. The van der Waals surface area contributed by atoms with Crippen LogP contribution in [-0.4, -0.2) is 0 Å². The summed E-state index contributed by atoms with van der Waals surface area (Å²) in [6.07, 6.45) is 0. The first-order valence-corrected chi connectivity index (χ1v) is 19.2. The van der Waals surface area contributed by atoms with Crippen molar-refractivity contribution in [3.63, 3.8) is 0 Å². The number of anilines is 3. The standard InChI is InChI=1S/C54H35NO/c1-2-12-36(13-3-1)37-24-29-41(30-25-37)55(51-23-11-22-50-53-45-18-7-5-15-39(45)28-35-52(53)56-54(50)51)42-31-26-40(27-32-42)44-33-34-49(48-20-9-8-19-46(44)48)47-21-10-16-38-14-4-6-17-43(38)47/h1-35H. The molecule has 0 saturated carbocycles. The highest BCUT2D eigenvalue weighted by Crippen LogP contribution is 2.45. The van der Waals surface area contributed by atoms with Crippen LogP contribution in [-0.2, 0) is 0 Å². The molecule has 0 radical (unpaired) electrons. The van der Waals surface area contributed by atoms with Crippen LogP contribution < -0.4 is 4.90 Å². The number of para-hydroxylation sites is 1. The molecule has 1 aromatic heterocycles. The summed E-state index contributed by atoms with van der Waals surface area (Å²) in [6, 6.07) is 76.3. The van der Waals surface area contributed by atoms with Crippen LogP contribution in [0.15, 0.2) is 217 Å². The van der Waals surface area contributed by atoms with E-state index in [0.29, 0.717) is 0 Å². The van der Waals surface area contributed by atoms with Crippen LogP contribution in [0.25, 0.3) is 87.6 Å². The Labute approximate surface area is 325 Å². The van der Waals surface area contributed by atoms with Gasteiger partial charge >= 0.3 is 0 Å². The maximum Gasteiger partial charge on any atom is 0.159 e. The molecule has 2 heteroatoms. The lowest BCUT2D eigenvalue weighted by atomic mass is 9.90. The van der Waals surface area contributed by atoms with Crippen molar-refractivity contribution in [2.24, 2.45) is 0 Å². The van der Waals surface area contributed by atoms with Crippen LogP contribution in [0.2, 0.25) is 0 Å². The van der Waals surface area contributed by atoms with Crippen molar-refractivity contribution in [2.75, 3.05) is 4.90 Å². The maximum absolute atomic E-state index is 6.78. The summed E-state index contributed by atoms with van der Waals surface area (Å²) in [4.78, 5) is 2.33. The number of hydrogen-bond donors (Lipinski definition) is 0. The van der Waals surface area contributed by atoms with Gasteiger partial charge in [-0.25, -0.2) is 0 Å². The number of hydrogen-bond acceptors (Lipinski definition) is 2. The van der Waals surface area contributed by atoms with Crippen molar-refractivity contribution < 1.29 is 4.42 Å². The Morgan fingerprint density at radius 3 is 1.57 bits per heavy atom. The summed E-state index contributed by atoms with van der Waals surface area (Å²) in [7, 11) is 0. The summed E-state index contributed by atoms with van der Waals surface area (Å²) < 4.78 is 6.78. The molecule has 262 valence electrons. The van der Waals surface area contributed by atoms with E-state index in [1.165, 1.54) is 65.7 Å². The fourth-order valence-electron chi connectivity index (χ4n) is 8.63. The molecule has 2 nitrogen and oxygen atoms in total. The second kappa shape index (κ2) is 13.2. The Morgan fingerprint density at radius 2 is 0.821 bits per heavy atom. The average Bonchev–Trinajstić information content (AvgIpc) is 3.67. The molecule has 0 aliphatic carbocycles. The molecule has 0 amide bonds. The molecule has 0 bridgehead atoms. The van der Waals surface area contributed by atoms with Gasteiger partial charge in [0.1, 0.15) is 5.58 Å². The average molecular weight is 714 g/mol. The number of furan rings is 1. The summed E-state index contributed by atoms with van der Waals surface area (Å²) in [5.74, 6) is 0. The number of rotatable bonds is 6. The maximum atomic E-state index is 6.78. The lowest BCUT2D eigenvalue weighted by Gasteiger charge is -2.26. The van der Waals surface area contributed by atoms with Crippen LogP contribution >= 0.6 is 0 Å². The number of benzene rings is 10. The van der Waals surface area contributed by atoms with Gasteiger partial charge < -0.3 is 9.32 Å². The van der Waals surface area contributed by atoms with Crippen molar-refractivity contribution in [3.8, 4) is 33.4 Å². The molecule has 11 aromatic rings. The third kappa shape index (κ3) is 5.26. The molecular formula is C54H35NO. The fourth-order valence-corrected chi connectivity index (χ4v) is 8.63. The van der Waals surface area contributed by atoms with E-state index >= 15 is 0 Å². The van der Waals surface area contributed by atoms with Crippen LogP contribution in [0.3, 0.4) is 0 Å². The van der Waals surface area contributed by atoms with E-state index in [2.05, 4.69) is 217 Å². The van der Waals surface area contributed by atoms with Gasteiger partial charge in [0.05, 0.1) is 5.69 Å². The zero-order chi connectivity index (χ0) is 37.0. The minimum absolute atomic E-state index is 0.866. The molecule has 0 fully saturated rings. The Hall–Kier alpha value is -7.42. The van der Waals surface area contributed by atoms with E-state index in [-0.39, 0.29) is 0 Å². The molecule has 0 aliphatic rings. The third-order valence-corrected chi connectivity index (χ3v) is 11.3. The molecule has 10 aromatic carbocycles. The smallest absolute Gasteiger partial charge is 0.159 e. The normalized spacial score (nSPS) is 11.6. The molecule has 0 spiro atoms. The van der Waals surface area contributed by atoms with Gasteiger partial charge in [0, 0.05) is 22.1 Å². The van der Waals surface area contributed by atoms with Gasteiger partial charge in [-0.15, -0.1) is 0 Å². The van der Waals surface area contributed by atoms with E-state index in [1.807, 2.05) is 0 Å². The largest absolute Gasteiger partial charge is 0.454 e. The van der Waals surface area contributed by atoms with E-state index in [1.54, 1.807) is 0 Å². The molecule has 0 atom stereocenters. The van der Waals surface area contributed by atoms with Crippen molar-refractivity contribution in [1.29, 1.82) is 0 Å². The number of fused-ring (bicyclic) bond motifs is 7. The van der Waals surface area contributed by atoms with Gasteiger partial charge in [0.25, 0.3) is 0 Å². The van der Waals surface area contributed by atoms with Gasteiger partial charge in [0.2, 0.25) is 0 Å². The highest BCUT2D eigenvalue weighted by molar-refractivity contribution is 6.21. The predicted molar refractivity (Wildman–Crippen MR) is 237 cm³/mol. The molecule has 0 unspecified atom stereocenters. The quantitative estimate of drug-likeness (QED) is 0.171. The Bertz CT molecular complexity index is 3230. The predicted octanol–water partition coefficient (Wildman–Crippen LogP) is 15.5. The number of nitrogens with zero attached hydrogens (tertiary/aromatic N) is 1. The highest BCUT2D eigenvalue weighted by Gasteiger charge is 2.21. The molecule has 11 rings (SSSR count). The van der Waals surface area contributed by atoms with Crippen LogP contribution in [0, 0.1) is 0 Å². The van der Waals surface area contributed by atoms with E-state index in [0.717, 1.165) is 39.0 Å². The highest BCUT2D eigenvalue weighted by atomic mass is 16.3. The van der Waals surface area contributed by atoms with Gasteiger partial charge in [-0.05, 0) is 102 Å². The molecule has 0 aliphatic heterocycles. The van der Waals surface area contributed by atoms with E-state index in [4.69, 9.17) is 4.42 Å². The van der Waals surface area contributed by atoms with Crippen LogP contribution in [0.1, 0.15) is 0 Å². The summed E-state index contributed by atoms with van der Waals surface area (Å²) in [5, 5.41) is 9.65. The zero-order valence-corrected chi connectivity index (χ0v) is 30.6. The van der Waals surface area contributed by atoms with Crippen LogP contribution in [0.5, 0.6) is 0 Å². The van der Waals surface area contributed by atoms with Crippen LogP contribution in [0.4, 0.5) is 17.1 Å². The topological polar surface area (TPSA) is 16.4 Å². The Kier molecular flexibility index (Phi) is 7.53. The summed E-state index contributed by atoms with van der Waals surface area (Å²) in [5.41, 5.74) is 12.1. The lowest BCUT2D eigenvalue weighted by Crippen LogP contribution is -2.10. The van der Waals surface area contributed by atoms with Crippen molar-refractivity contribution in [2.45, 2.75) is 0 Å². The van der Waals surface area contributed by atoms with Gasteiger partial charge in [-0.1, -0.05) is 176 Å². The molecule has 56 heavy (non-hydrogen) atoms. The SMILES string of the molecule is c1ccc(-c2ccc(N(c3ccc(-c4ccc(-c5cccc6ccccc56)c5ccccc45)cc3)c3cccc4c3oc3ccc5ccccc5c34)cc2)cc1. The molecular weight excluding hydrogens is 679 g/mol. The first-order valence-electron chi connectivity index (χ1n) is 19.2. The zero-order valence-electron chi connectivity index (χ0n) is 30.6. The molecule has 1 heterocycles.